The van der Waals surface area contributed by atoms with Gasteiger partial charge in [-0.1, -0.05) is 20.3 Å². The molecular formula is C6H11ClO. The van der Waals surface area contributed by atoms with E-state index in [2.05, 4.69) is 0 Å². The lowest BCUT2D eigenvalue weighted by molar-refractivity contribution is -0.114. The minimum Gasteiger partial charge on any atom is -0.281 e. The molecule has 0 radical (unpaired) electrons. The summed E-state index contributed by atoms with van der Waals surface area (Å²) in [4.78, 5) is 10.3. The van der Waals surface area contributed by atoms with Crippen LogP contribution in [0, 0.1) is 5.92 Å². The molecule has 0 amide bonds. The Morgan fingerprint density at radius 2 is 2.25 bits per heavy atom. The summed E-state index contributed by atoms with van der Waals surface area (Å²) in [7, 11) is 0. The quantitative estimate of drug-likeness (QED) is 0.541. The van der Waals surface area contributed by atoms with E-state index in [1.165, 1.54) is 0 Å². The third-order valence-electron chi connectivity index (χ3n) is 1.11. The zero-order valence-corrected chi connectivity index (χ0v) is 6.03. The van der Waals surface area contributed by atoms with E-state index in [0.717, 1.165) is 12.8 Å². The van der Waals surface area contributed by atoms with Gasteiger partial charge in [-0.05, 0) is 18.0 Å². The van der Waals surface area contributed by atoms with Crippen LogP contribution in [0.3, 0.4) is 0 Å². The van der Waals surface area contributed by atoms with E-state index in [-0.39, 0.29) is 11.2 Å². The van der Waals surface area contributed by atoms with Crippen LogP contribution in [0.15, 0.2) is 0 Å². The first-order valence-electron chi connectivity index (χ1n) is 2.87. The Balaban J connectivity index is 3.32. The first-order valence-corrected chi connectivity index (χ1v) is 3.25. The van der Waals surface area contributed by atoms with Crippen molar-refractivity contribution in [2.75, 3.05) is 0 Å². The Hall–Kier alpha value is -0.0400. The highest BCUT2D eigenvalue weighted by molar-refractivity contribution is 6.63. The zero-order valence-electron chi connectivity index (χ0n) is 5.28. The highest BCUT2D eigenvalue weighted by Crippen LogP contribution is 2.07. The van der Waals surface area contributed by atoms with Gasteiger partial charge in [-0.2, -0.15) is 0 Å². The van der Waals surface area contributed by atoms with Gasteiger partial charge in [-0.15, -0.1) is 0 Å². The van der Waals surface area contributed by atoms with E-state index in [1.807, 2.05) is 13.8 Å². The van der Waals surface area contributed by atoms with Crippen LogP contribution >= 0.6 is 11.6 Å². The van der Waals surface area contributed by atoms with Gasteiger partial charge in [0.1, 0.15) is 0 Å². The molecule has 0 aromatic carbocycles. The third-order valence-corrected chi connectivity index (χ3v) is 1.48. The van der Waals surface area contributed by atoms with E-state index < -0.39 is 0 Å². The van der Waals surface area contributed by atoms with Crippen molar-refractivity contribution in [3.05, 3.63) is 0 Å². The highest BCUT2D eigenvalue weighted by atomic mass is 35.5. The number of carbonyl (C=O) groups is 1. The Kier molecular flexibility index (Phi) is 3.88. The first kappa shape index (κ1) is 7.96. The highest BCUT2D eigenvalue weighted by Gasteiger charge is 2.06. The Morgan fingerprint density at radius 3 is 2.38 bits per heavy atom. The molecule has 0 spiro atoms. The second-order valence-corrected chi connectivity index (χ2v) is 2.37. The molecule has 8 heavy (non-hydrogen) atoms. The third kappa shape index (κ3) is 3.03. The summed E-state index contributed by atoms with van der Waals surface area (Å²) in [5.74, 6) is 0.0432. The number of hydrogen-bond acceptors (Lipinski definition) is 1. The van der Waals surface area contributed by atoms with E-state index in [4.69, 9.17) is 11.6 Å². The molecule has 0 aliphatic carbocycles. The molecule has 0 aliphatic heterocycles. The Bertz CT molecular complexity index is 80.6. The van der Waals surface area contributed by atoms with Crippen molar-refractivity contribution in [1.29, 1.82) is 0 Å². The summed E-state index contributed by atoms with van der Waals surface area (Å²) in [6.45, 7) is 3.88. The largest absolute Gasteiger partial charge is 0.281 e. The smallest absolute Gasteiger partial charge is 0.224 e. The minimum atomic E-state index is -0.216. The van der Waals surface area contributed by atoms with Gasteiger partial charge in [0.25, 0.3) is 0 Å². The van der Waals surface area contributed by atoms with Crippen molar-refractivity contribution in [2.45, 2.75) is 26.7 Å². The molecule has 1 atom stereocenters. The lowest BCUT2D eigenvalue weighted by atomic mass is 10.1. The maximum absolute atomic E-state index is 10.3. The number of carbonyl (C=O) groups excluding carboxylic acids is 1. The van der Waals surface area contributed by atoms with Gasteiger partial charge in [0, 0.05) is 5.92 Å². The molecule has 0 unspecified atom stereocenters. The lowest BCUT2D eigenvalue weighted by Crippen LogP contribution is -2.01. The van der Waals surface area contributed by atoms with Crippen LogP contribution in [0.2, 0.25) is 0 Å². The fraction of sp³-hybridized carbons (Fsp3) is 0.833. The van der Waals surface area contributed by atoms with Crippen molar-refractivity contribution in [1.82, 2.24) is 0 Å². The van der Waals surface area contributed by atoms with Gasteiger partial charge >= 0.3 is 0 Å². The van der Waals surface area contributed by atoms with Crippen LogP contribution in [0.4, 0.5) is 0 Å². The molecule has 0 saturated carbocycles. The molecule has 0 N–H and O–H groups in total. The molecule has 0 saturated heterocycles. The van der Waals surface area contributed by atoms with Crippen LogP contribution < -0.4 is 0 Å². The molecule has 0 fully saturated rings. The molecule has 2 heteroatoms. The zero-order chi connectivity index (χ0) is 6.57. The maximum atomic E-state index is 10.3. The molecule has 0 aromatic heterocycles. The van der Waals surface area contributed by atoms with Crippen molar-refractivity contribution in [3.63, 3.8) is 0 Å². The topological polar surface area (TPSA) is 17.1 Å². The molecule has 0 heterocycles. The summed E-state index contributed by atoms with van der Waals surface area (Å²) < 4.78 is 0. The lowest BCUT2D eigenvalue weighted by Gasteiger charge is -1.99. The van der Waals surface area contributed by atoms with Gasteiger partial charge in [0.05, 0.1) is 0 Å². The average molecular weight is 135 g/mol. The number of hydrogen-bond donors (Lipinski definition) is 0. The van der Waals surface area contributed by atoms with E-state index in [1.54, 1.807) is 0 Å². The minimum absolute atomic E-state index is 0.0432. The maximum Gasteiger partial charge on any atom is 0.224 e. The van der Waals surface area contributed by atoms with Gasteiger partial charge in [0.15, 0.2) is 0 Å². The average Bonchev–Trinajstić information content (AvgIpc) is 1.67. The number of rotatable bonds is 3. The van der Waals surface area contributed by atoms with Crippen molar-refractivity contribution in [3.8, 4) is 0 Å². The van der Waals surface area contributed by atoms with Crippen LogP contribution in [-0.4, -0.2) is 5.24 Å². The SMILES string of the molecule is CCC[C@@H](C)C(=O)Cl. The van der Waals surface area contributed by atoms with Crippen molar-refractivity contribution < 1.29 is 4.79 Å². The van der Waals surface area contributed by atoms with Gasteiger partial charge in [0.2, 0.25) is 5.24 Å². The standard InChI is InChI=1S/C6H11ClO/c1-3-4-5(2)6(7)8/h5H,3-4H2,1-2H3/t5-/m1/s1. The number of halogens is 1. The fourth-order valence-electron chi connectivity index (χ4n) is 0.546. The summed E-state index contributed by atoms with van der Waals surface area (Å²) in [5.41, 5.74) is 0. The van der Waals surface area contributed by atoms with Crippen LogP contribution in [0.25, 0.3) is 0 Å². The van der Waals surface area contributed by atoms with E-state index in [9.17, 15) is 4.79 Å². The van der Waals surface area contributed by atoms with Gasteiger partial charge < -0.3 is 0 Å². The molecule has 0 aliphatic rings. The molecule has 0 bridgehead atoms. The molecule has 0 aromatic rings. The van der Waals surface area contributed by atoms with E-state index >= 15 is 0 Å². The summed E-state index contributed by atoms with van der Waals surface area (Å²) >= 11 is 5.17. The Labute approximate surface area is 55.0 Å². The van der Waals surface area contributed by atoms with Gasteiger partial charge in [-0.3, -0.25) is 4.79 Å². The Morgan fingerprint density at radius 1 is 1.75 bits per heavy atom. The molecular weight excluding hydrogens is 124 g/mol. The normalized spacial score (nSPS) is 13.4. The second-order valence-electron chi connectivity index (χ2n) is 1.99. The van der Waals surface area contributed by atoms with E-state index in [0.29, 0.717) is 0 Å². The van der Waals surface area contributed by atoms with Crippen molar-refractivity contribution >= 4 is 16.8 Å². The summed E-state index contributed by atoms with van der Waals surface area (Å²) in [6, 6.07) is 0. The van der Waals surface area contributed by atoms with Crippen LogP contribution in [-0.2, 0) is 4.79 Å². The predicted molar refractivity (Wildman–Crippen MR) is 34.9 cm³/mol. The summed E-state index contributed by atoms with van der Waals surface area (Å²) in [5, 5.41) is -0.216. The second kappa shape index (κ2) is 3.90. The molecule has 1 nitrogen and oxygen atoms in total. The monoisotopic (exact) mass is 134 g/mol. The van der Waals surface area contributed by atoms with Crippen LogP contribution in [0.5, 0.6) is 0 Å². The summed E-state index contributed by atoms with van der Waals surface area (Å²) in [6.07, 6.45) is 1.93. The van der Waals surface area contributed by atoms with Crippen molar-refractivity contribution in [2.24, 2.45) is 5.92 Å². The molecule has 48 valence electrons. The van der Waals surface area contributed by atoms with Crippen LogP contribution in [0.1, 0.15) is 26.7 Å². The predicted octanol–water partition coefficient (Wildman–Crippen LogP) is 2.19. The van der Waals surface area contributed by atoms with Gasteiger partial charge in [-0.25, -0.2) is 0 Å². The first-order chi connectivity index (χ1) is 3.68. The molecule has 0 rings (SSSR count). The fourth-order valence-corrected chi connectivity index (χ4v) is 0.656.